The van der Waals surface area contributed by atoms with E-state index in [9.17, 15) is 19.6 Å². The van der Waals surface area contributed by atoms with Crippen LogP contribution in [0.3, 0.4) is 0 Å². The van der Waals surface area contributed by atoms with E-state index in [0.29, 0.717) is 10.2 Å². The average molecular weight is 548 g/mol. The lowest BCUT2D eigenvalue weighted by Crippen LogP contribution is -2.50. The van der Waals surface area contributed by atoms with Gasteiger partial charge in [0.2, 0.25) is 11.8 Å². The minimum Gasteiger partial charge on any atom is -0.460 e. The molecule has 0 bridgehead atoms. The van der Waals surface area contributed by atoms with Crippen LogP contribution in [0.25, 0.3) is 0 Å². The van der Waals surface area contributed by atoms with Crippen molar-refractivity contribution in [1.82, 2.24) is 0 Å². The summed E-state index contributed by atoms with van der Waals surface area (Å²) in [6.45, 7) is 6.16. The predicted octanol–water partition coefficient (Wildman–Crippen LogP) is 2.56. The molecular weight excluding hydrogens is 522 g/mol. The van der Waals surface area contributed by atoms with Gasteiger partial charge in [-0.2, -0.15) is 5.26 Å². The van der Waals surface area contributed by atoms with Gasteiger partial charge in [-0.15, -0.1) is 0 Å². The molecule has 0 radical (unpaired) electrons. The topological polar surface area (TPSA) is 141 Å². The zero-order valence-corrected chi connectivity index (χ0v) is 21.6. The highest BCUT2D eigenvalue weighted by atomic mass is 79.9. The minimum absolute atomic E-state index is 0.00214. The van der Waals surface area contributed by atoms with Crippen molar-refractivity contribution in [2.24, 2.45) is 5.73 Å². The number of ether oxygens (including phenoxy) is 4. The summed E-state index contributed by atoms with van der Waals surface area (Å²) in [4.78, 5) is 41.4. The van der Waals surface area contributed by atoms with E-state index in [1.54, 1.807) is 39.0 Å². The number of hydrogen-bond donors (Lipinski definition) is 1. The third-order valence-corrected chi connectivity index (χ3v) is 5.87. The van der Waals surface area contributed by atoms with Crippen LogP contribution in [-0.2, 0) is 38.7 Å². The number of carbonyl (C=O) groups is 3. The van der Waals surface area contributed by atoms with Gasteiger partial charge >= 0.3 is 11.9 Å². The number of nitriles is 1. The van der Waals surface area contributed by atoms with Crippen molar-refractivity contribution in [2.75, 3.05) is 31.8 Å². The third-order valence-electron chi connectivity index (χ3n) is 5.37. The Morgan fingerprint density at radius 3 is 2.57 bits per heavy atom. The molecule has 35 heavy (non-hydrogen) atoms. The quantitative estimate of drug-likeness (QED) is 0.419. The van der Waals surface area contributed by atoms with Crippen LogP contribution in [0.2, 0.25) is 0 Å². The molecule has 1 amide bonds. The van der Waals surface area contributed by atoms with Gasteiger partial charge in [0.1, 0.15) is 41.7 Å². The van der Waals surface area contributed by atoms with Crippen molar-refractivity contribution in [3.63, 3.8) is 0 Å². The van der Waals surface area contributed by atoms with Gasteiger partial charge in [0.25, 0.3) is 0 Å². The third kappa shape index (κ3) is 4.63. The van der Waals surface area contributed by atoms with E-state index in [2.05, 4.69) is 15.9 Å². The number of rotatable bonds is 6. The summed E-state index contributed by atoms with van der Waals surface area (Å²) < 4.78 is 21.8. The molecule has 2 aliphatic rings. The second-order valence-corrected chi connectivity index (χ2v) is 9.82. The van der Waals surface area contributed by atoms with Gasteiger partial charge in [-0.05, 0) is 45.9 Å². The second kappa shape index (κ2) is 9.71. The summed E-state index contributed by atoms with van der Waals surface area (Å²) in [5, 5.41) is 10.1. The highest BCUT2D eigenvalue weighted by Crippen LogP contribution is 2.54. The van der Waals surface area contributed by atoms with Crippen LogP contribution in [-0.4, -0.2) is 50.3 Å². The maximum Gasteiger partial charge on any atom is 0.339 e. The average Bonchev–Trinajstić information content (AvgIpc) is 2.95. The molecule has 0 aromatic heterocycles. The molecule has 0 saturated carbocycles. The van der Waals surface area contributed by atoms with Gasteiger partial charge in [0.05, 0.1) is 6.61 Å². The molecule has 2 aliphatic heterocycles. The number of methoxy groups -OCH3 is 1. The summed E-state index contributed by atoms with van der Waals surface area (Å²) in [6.07, 6.45) is 0. The first-order chi connectivity index (χ1) is 16.4. The van der Waals surface area contributed by atoms with Crippen molar-refractivity contribution < 1.29 is 33.3 Å². The minimum atomic E-state index is -1.98. The van der Waals surface area contributed by atoms with Gasteiger partial charge in [-0.3, -0.25) is 14.5 Å². The van der Waals surface area contributed by atoms with E-state index in [1.165, 1.54) is 18.9 Å². The first kappa shape index (κ1) is 26.2. The summed E-state index contributed by atoms with van der Waals surface area (Å²) in [5.74, 6) is -2.58. The van der Waals surface area contributed by atoms with Gasteiger partial charge in [0, 0.05) is 22.8 Å². The van der Waals surface area contributed by atoms with E-state index in [1.807, 2.05) is 6.07 Å². The summed E-state index contributed by atoms with van der Waals surface area (Å²) in [5.41, 5.74) is 3.42. The molecule has 10 nitrogen and oxygen atoms in total. The Kier molecular flexibility index (Phi) is 7.29. The Morgan fingerprint density at radius 2 is 1.97 bits per heavy atom. The molecular formula is C24H26BrN3O7. The fourth-order valence-electron chi connectivity index (χ4n) is 4.18. The van der Waals surface area contributed by atoms with Crippen molar-refractivity contribution in [3.05, 3.63) is 51.0 Å². The lowest BCUT2D eigenvalue weighted by molar-refractivity contribution is -0.153. The monoisotopic (exact) mass is 547 g/mol. The second-order valence-electron chi connectivity index (χ2n) is 8.90. The summed E-state index contributed by atoms with van der Waals surface area (Å²) >= 11 is 3.39. The zero-order chi connectivity index (χ0) is 26.1. The van der Waals surface area contributed by atoms with Crippen molar-refractivity contribution >= 4 is 39.5 Å². The zero-order valence-electron chi connectivity index (χ0n) is 20.1. The molecule has 0 saturated heterocycles. The highest BCUT2D eigenvalue weighted by Gasteiger charge is 2.62. The van der Waals surface area contributed by atoms with Crippen LogP contribution in [0.5, 0.6) is 0 Å². The van der Waals surface area contributed by atoms with E-state index in [-0.39, 0.29) is 41.6 Å². The molecule has 0 fully saturated rings. The standard InChI is InChI=1S/C24H26BrN3O7/c1-13-19(21(30)33-9-8-32-5)24(16(11-26)20(27)34-13)15-10-14(25)6-7-17(15)28(22(24)31)12-18(29)35-23(2,3)4/h6-7,10H,8-9,12,27H2,1-5H3. The van der Waals surface area contributed by atoms with Gasteiger partial charge in [-0.1, -0.05) is 15.9 Å². The summed E-state index contributed by atoms with van der Waals surface area (Å²) in [7, 11) is 1.45. The number of fused-ring (bicyclic) bond motifs is 2. The number of amides is 1. The van der Waals surface area contributed by atoms with Gasteiger partial charge in [-0.25, -0.2) is 4.79 Å². The van der Waals surface area contributed by atoms with Crippen molar-refractivity contribution in [3.8, 4) is 6.07 Å². The Balaban J connectivity index is 2.25. The molecule has 1 unspecified atom stereocenters. The Bertz CT molecular complexity index is 1190. The largest absolute Gasteiger partial charge is 0.460 e. The Labute approximate surface area is 211 Å². The lowest BCUT2D eigenvalue weighted by Gasteiger charge is -2.34. The van der Waals surface area contributed by atoms with E-state index in [4.69, 9.17) is 24.7 Å². The number of benzene rings is 1. The maximum absolute atomic E-state index is 14.2. The molecule has 2 N–H and O–H groups in total. The highest BCUT2D eigenvalue weighted by molar-refractivity contribution is 9.10. The first-order valence-corrected chi connectivity index (χ1v) is 11.5. The van der Waals surface area contributed by atoms with Crippen LogP contribution in [0.4, 0.5) is 5.69 Å². The molecule has 1 spiro atoms. The number of anilines is 1. The number of hydrogen-bond acceptors (Lipinski definition) is 9. The van der Waals surface area contributed by atoms with Crippen LogP contribution >= 0.6 is 15.9 Å². The predicted molar refractivity (Wildman–Crippen MR) is 127 cm³/mol. The normalized spacial score (nSPS) is 19.5. The number of nitrogens with zero attached hydrogens (tertiary/aromatic N) is 2. The van der Waals surface area contributed by atoms with E-state index >= 15 is 0 Å². The lowest BCUT2D eigenvalue weighted by atomic mass is 9.68. The fraction of sp³-hybridized carbons (Fsp3) is 0.417. The molecule has 11 heteroatoms. The molecule has 3 rings (SSSR count). The molecule has 2 heterocycles. The molecule has 1 aromatic carbocycles. The molecule has 1 atom stereocenters. The molecule has 1 aromatic rings. The van der Waals surface area contributed by atoms with Crippen LogP contribution < -0.4 is 10.6 Å². The first-order valence-electron chi connectivity index (χ1n) is 10.7. The van der Waals surface area contributed by atoms with E-state index in [0.717, 1.165) is 0 Å². The smallest absolute Gasteiger partial charge is 0.339 e. The number of carbonyl (C=O) groups excluding carboxylic acids is 3. The number of allylic oxidation sites excluding steroid dienone is 1. The van der Waals surface area contributed by atoms with Crippen LogP contribution in [0, 0.1) is 11.3 Å². The maximum atomic E-state index is 14.2. The van der Waals surface area contributed by atoms with Gasteiger partial charge < -0.3 is 24.7 Å². The van der Waals surface area contributed by atoms with Crippen molar-refractivity contribution in [1.29, 1.82) is 5.26 Å². The van der Waals surface area contributed by atoms with Gasteiger partial charge in [0.15, 0.2) is 5.41 Å². The van der Waals surface area contributed by atoms with E-state index < -0.39 is 35.4 Å². The summed E-state index contributed by atoms with van der Waals surface area (Å²) in [6, 6.07) is 6.84. The molecule has 186 valence electrons. The van der Waals surface area contributed by atoms with Crippen LogP contribution in [0.15, 0.2) is 45.5 Å². The fourth-order valence-corrected chi connectivity index (χ4v) is 4.54. The Hall–Kier alpha value is -3.36. The van der Waals surface area contributed by atoms with Crippen molar-refractivity contribution in [2.45, 2.75) is 38.7 Å². The van der Waals surface area contributed by atoms with Crippen LogP contribution in [0.1, 0.15) is 33.3 Å². The number of esters is 2. The number of halogens is 1. The Morgan fingerprint density at radius 1 is 1.29 bits per heavy atom. The number of nitrogens with two attached hydrogens (primary N) is 1. The SMILES string of the molecule is COCCOC(=O)C1=C(C)OC(N)=C(C#N)C12C(=O)N(CC(=O)OC(C)(C)C)c1ccc(Br)cc12. The molecule has 0 aliphatic carbocycles.